The van der Waals surface area contributed by atoms with Crippen LogP contribution in [-0.2, 0) is 9.53 Å². The van der Waals surface area contributed by atoms with Crippen molar-refractivity contribution in [2.75, 3.05) is 17.2 Å². The molecule has 0 radical (unpaired) electrons. The van der Waals surface area contributed by atoms with Crippen molar-refractivity contribution in [1.29, 1.82) is 0 Å². The van der Waals surface area contributed by atoms with Gasteiger partial charge in [-0.25, -0.2) is 9.78 Å². The van der Waals surface area contributed by atoms with E-state index >= 15 is 0 Å². The first kappa shape index (κ1) is 20.3. The van der Waals surface area contributed by atoms with Crippen molar-refractivity contribution < 1.29 is 19.1 Å². The van der Waals surface area contributed by atoms with E-state index in [0.717, 1.165) is 16.2 Å². The van der Waals surface area contributed by atoms with E-state index in [1.54, 1.807) is 19.1 Å². The Balaban J connectivity index is 1.82. The second kappa shape index (κ2) is 8.32. The third-order valence-corrected chi connectivity index (χ3v) is 6.20. The molecular weight excluding hydrogens is 398 g/mol. The van der Waals surface area contributed by atoms with Crippen LogP contribution in [0.4, 0.5) is 10.8 Å². The van der Waals surface area contributed by atoms with Gasteiger partial charge in [0.05, 0.1) is 23.2 Å². The smallest absolute Gasteiger partial charge is 0.350 e. The van der Waals surface area contributed by atoms with Gasteiger partial charge in [0.15, 0.2) is 5.13 Å². The average molecular weight is 420 g/mol. The second-order valence-corrected chi connectivity index (χ2v) is 8.90. The Bertz CT molecular complexity index is 939. The molecule has 148 valence electrons. The normalized spacial score (nSPS) is 15.8. The second-order valence-electron chi connectivity index (χ2n) is 6.52. The van der Waals surface area contributed by atoms with Crippen molar-refractivity contribution in [2.24, 2.45) is 0 Å². The predicted molar refractivity (Wildman–Crippen MR) is 111 cm³/mol. The first-order chi connectivity index (χ1) is 13.3. The number of ether oxygens (including phenoxy) is 1. The summed E-state index contributed by atoms with van der Waals surface area (Å²) in [6.07, 6.45) is 0. The first-order valence-corrected chi connectivity index (χ1v) is 10.6. The molecule has 1 atom stereocenters. The number of thioether (sulfide) groups is 1. The minimum absolute atomic E-state index is 0.0132. The van der Waals surface area contributed by atoms with Gasteiger partial charge in [-0.05, 0) is 38.0 Å². The summed E-state index contributed by atoms with van der Waals surface area (Å²) in [5.74, 6) is -0.873. The van der Waals surface area contributed by atoms with Crippen LogP contribution in [0.15, 0.2) is 23.1 Å². The molecule has 0 saturated heterocycles. The van der Waals surface area contributed by atoms with E-state index in [4.69, 9.17) is 4.74 Å². The molecule has 2 aromatic rings. The Labute approximate surface area is 171 Å². The Kier molecular flexibility index (Phi) is 6.04. The van der Waals surface area contributed by atoms with Crippen LogP contribution in [0.2, 0.25) is 0 Å². The number of rotatable bonds is 5. The van der Waals surface area contributed by atoms with Gasteiger partial charge in [-0.3, -0.25) is 14.9 Å². The van der Waals surface area contributed by atoms with E-state index in [9.17, 15) is 14.4 Å². The zero-order valence-corrected chi connectivity index (χ0v) is 17.6. The summed E-state index contributed by atoms with van der Waals surface area (Å²) in [5.41, 5.74) is 1.62. The number of aromatic nitrogens is 1. The molecule has 2 N–H and O–H groups in total. The summed E-state index contributed by atoms with van der Waals surface area (Å²) in [6, 6.07) is 5.16. The van der Waals surface area contributed by atoms with Crippen LogP contribution in [0.1, 0.15) is 59.3 Å². The van der Waals surface area contributed by atoms with Crippen molar-refractivity contribution in [1.82, 2.24) is 4.98 Å². The maximum Gasteiger partial charge on any atom is 0.350 e. The van der Waals surface area contributed by atoms with Gasteiger partial charge in [0.2, 0.25) is 5.91 Å². The van der Waals surface area contributed by atoms with Crippen LogP contribution in [0, 0.1) is 0 Å². The molecule has 1 aromatic heterocycles. The number of thiazole rings is 1. The number of amides is 2. The highest BCUT2D eigenvalue weighted by molar-refractivity contribution is 8.00. The minimum atomic E-state index is -0.438. The molecule has 0 aliphatic carbocycles. The molecule has 0 spiro atoms. The Morgan fingerprint density at radius 3 is 2.79 bits per heavy atom. The van der Waals surface area contributed by atoms with Gasteiger partial charge in [0.25, 0.3) is 5.91 Å². The molecule has 2 heterocycles. The average Bonchev–Trinajstić information content (AvgIpc) is 3.07. The zero-order chi connectivity index (χ0) is 20.4. The van der Waals surface area contributed by atoms with Gasteiger partial charge < -0.3 is 10.1 Å². The Hall–Kier alpha value is -2.39. The molecule has 28 heavy (non-hydrogen) atoms. The third kappa shape index (κ3) is 4.20. The van der Waals surface area contributed by atoms with E-state index in [1.807, 2.05) is 26.8 Å². The van der Waals surface area contributed by atoms with Gasteiger partial charge in [0, 0.05) is 10.5 Å². The third-order valence-electron chi connectivity index (χ3n) is 4.05. The van der Waals surface area contributed by atoms with Crippen LogP contribution in [0.3, 0.4) is 0 Å². The van der Waals surface area contributed by atoms with Crippen LogP contribution >= 0.6 is 23.1 Å². The standard InChI is InChI=1S/C19H21N3O4S2/c1-5-26-18(25)15-14(9(2)3)21-19(28-15)22-17(24)11-6-7-13-12(8-11)20-16(23)10(4)27-13/h6-10H,5H2,1-4H3,(H,20,23)(H,21,22,24)/t10-/m0/s1. The molecule has 0 fully saturated rings. The maximum atomic E-state index is 12.7. The summed E-state index contributed by atoms with van der Waals surface area (Å²) in [5, 5.41) is 5.72. The molecule has 1 aromatic carbocycles. The predicted octanol–water partition coefficient (Wildman–Crippen LogP) is 4.13. The highest BCUT2D eigenvalue weighted by atomic mass is 32.2. The highest BCUT2D eigenvalue weighted by Crippen LogP contribution is 2.36. The van der Waals surface area contributed by atoms with Gasteiger partial charge in [-0.2, -0.15) is 0 Å². The first-order valence-electron chi connectivity index (χ1n) is 8.91. The van der Waals surface area contributed by atoms with Gasteiger partial charge in [-0.1, -0.05) is 25.2 Å². The topological polar surface area (TPSA) is 97.4 Å². The number of fused-ring (bicyclic) bond motifs is 1. The van der Waals surface area contributed by atoms with Gasteiger partial charge in [0.1, 0.15) is 4.88 Å². The zero-order valence-electron chi connectivity index (χ0n) is 16.0. The van der Waals surface area contributed by atoms with Crippen molar-refractivity contribution in [3.63, 3.8) is 0 Å². The number of hydrogen-bond acceptors (Lipinski definition) is 7. The molecular formula is C19H21N3O4S2. The van der Waals surface area contributed by atoms with Crippen LogP contribution in [0.5, 0.6) is 0 Å². The molecule has 1 aliphatic heterocycles. The number of nitrogens with one attached hydrogen (secondary N) is 2. The fourth-order valence-electron chi connectivity index (χ4n) is 2.64. The van der Waals surface area contributed by atoms with Crippen LogP contribution in [-0.4, -0.2) is 34.6 Å². The number of anilines is 2. The van der Waals surface area contributed by atoms with Crippen molar-refractivity contribution in [2.45, 2.75) is 43.8 Å². The summed E-state index contributed by atoms with van der Waals surface area (Å²) in [7, 11) is 0. The molecule has 2 amide bonds. The number of benzene rings is 1. The summed E-state index contributed by atoms with van der Waals surface area (Å²) >= 11 is 2.55. The number of carbonyl (C=O) groups excluding carboxylic acids is 3. The van der Waals surface area contributed by atoms with Gasteiger partial charge in [-0.15, -0.1) is 11.8 Å². The summed E-state index contributed by atoms with van der Waals surface area (Å²) in [6.45, 7) is 7.69. The molecule has 0 unspecified atom stereocenters. The van der Waals surface area contributed by atoms with Gasteiger partial charge >= 0.3 is 5.97 Å². The van der Waals surface area contributed by atoms with E-state index in [0.29, 0.717) is 27.0 Å². The van der Waals surface area contributed by atoms with Crippen molar-refractivity contribution in [3.05, 3.63) is 34.3 Å². The fourth-order valence-corrected chi connectivity index (χ4v) is 4.58. The Morgan fingerprint density at radius 1 is 1.36 bits per heavy atom. The highest BCUT2D eigenvalue weighted by Gasteiger charge is 2.25. The molecule has 7 nitrogen and oxygen atoms in total. The van der Waals surface area contributed by atoms with Crippen molar-refractivity contribution in [3.8, 4) is 0 Å². The number of esters is 1. The fraction of sp³-hybridized carbons (Fsp3) is 0.368. The number of carbonyl (C=O) groups is 3. The lowest BCUT2D eigenvalue weighted by Gasteiger charge is -2.21. The molecule has 0 saturated carbocycles. The quantitative estimate of drug-likeness (QED) is 0.708. The van der Waals surface area contributed by atoms with Crippen molar-refractivity contribution >= 4 is 51.7 Å². The lowest BCUT2D eigenvalue weighted by molar-refractivity contribution is -0.115. The molecule has 3 rings (SSSR count). The summed E-state index contributed by atoms with van der Waals surface area (Å²) in [4.78, 5) is 42.4. The molecule has 1 aliphatic rings. The summed E-state index contributed by atoms with van der Waals surface area (Å²) < 4.78 is 5.08. The SMILES string of the molecule is CCOC(=O)c1sc(NC(=O)c2ccc3c(c2)NC(=O)[C@H](C)S3)nc1C(C)C. The lowest BCUT2D eigenvalue weighted by atomic mass is 10.1. The monoisotopic (exact) mass is 419 g/mol. The van der Waals surface area contributed by atoms with E-state index in [-0.39, 0.29) is 29.6 Å². The lowest BCUT2D eigenvalue weighted by Crippen LogP contribution is -2.26. The van der Waals surface area contributed by atoms with E-state index in [1.165, 1.54) is 11.8 Å². The van der Waals surface area contributed by atoms with Crippen LogP contribution < -0.4 is 10.6 Å². The number of nitrogens with zero attached hydrogens (tertiary/aromatic N) is 1. The largest absolute Gasteiger partial charge is 0.462 e. The Morgan fingerprint density at radius 2 is 2.11 bits per heavy atom. The number of hydrogen-bond donors (Lipinski definition) is 2. The van der Waals surface area contributed by atoms with Crippen LogP contribution in [0.25, 0.3) is 0 Å². The van der Waals surface area contributed by atoms with E-state index < -0.39 is 5.97 Å². The van der Waals surface area contributed by atoms with E-state index in [2.05, 4.69) is 15.6 Å². The molecule has 0 bridgehead atoms. The maximum absolute atomic E-state index is 12.7. The molecule has 9 heteroatoms. The minimum Gasteiger partial charge on any atom is -0.462 e.